The minimum absolute atomic E-state index is 0.0100. The molecule has 0 spiro atoms. The molecule has 0 radical (unpaired) electrons. The van der Waals surface area contributed by atoms with Crippen LogP contribution in [-0.4, -0.2) is 73.4 Å². The number of anilines is 1. The van der Waals surface area contributed by atoms with Crippen LogP contribution in [0.2, 0.25) is 0 Å². The number of nitro benzene ring substituents is 1. The molecule has 2 fully saturated rings. The first-order chi connectivity index (χ1) is 13.8. The maximum atomic E-state index is 13.3. The zero-order valence-corrected chi connectivity index (χ0v) is 18.4. The second-order valence-corrected chi connectivity index (χ2v) is 8.58. The monoisotopic (exact) mass is 470 g/mol. The first kappa shape index (κ1) is 21.9. The van der Waals surface area contributed by atoms with E-state index in [1.807, 2.05) is 13.8 Å². The summed E-state index contributed by atoms with van der Waals surface area (Å²) in [4.78, 5) is 26.3. The molecule has 0 unspecified atom stereocenters. The first-order valence-corrected chi connectivity index (χ1v) is 10.5. The molecule has 2 N–H and O–H groups in total. The van der Waals surface area contributed by atoms with Gasteiger partial charge >= 0.3 is 0 Å². The van der Waals surface area contributed by atoms with Crippen molar-refractivity contribution in [3.05, 3.63) is 32.3 Å². The van der Waals surface area contributed by atoms with E-state index in [0.717, 1.165) is 6.54 Å². The molecule has 2 aliphatic heterocycles. The van der Waals surface area contributed by atoms with Gasteiger partial charge in [-0.3, -0.25) is 14.9 Å². The first-order valence-electron chi connectivity index (χ1n) is 9.71. The predicted octanol–water partition coefficient (Wildman–Crippen LogP) is 2.40. The molecule has 4 atom stereocenters. The van der Waals surface area contributed by atoms with Crippen LogP contribution in [0.5, 0.6) is 0 Å². The quantitative estimate of drug-likeness (QED) is 0.502. The summed E-state index contributed by atoms with van der Waals surface area (Å²) < 4.78 is 11.6. The number of halogens is 1. The Kier molecular flexibility index (Phi) is 7.10. The van der Waals surface area contributed by atoms with E-state index in [2.05, 4.69) is 26.6 Å². The molecule has 0 aromatic heterocycles. The second kappa shape index (κ2) is 9.38. The van der Waals surface area contributed by atoms with Crippen molar-refractivity contribution in [1.29, 1.82) is 0 Å². The smallest absolute Gasteiger partial charge is 0.294 e. The summed E-state index contributed by atoms with van der Waals surface area (Å²) in [6, 6.07) is 2.97. The number of amides is 1. The van der Waals surface area contributed by atoms with E-state index in [9.17, 15) is 14.9 Å². The number of carbonyl (C=O) groups is 1. The van der Waals surface area contributed by atoms with Gasteiger partial charge in [-0.2, -0.15) is 0 Å². The Labute approximate surface area is 178 Å². The van der Waals surface area contributed by atoms with Gasteiger partial charge in [-0.05, 0) is 26.3 Å². The molecule has 2 saturated heterocycles. The summed E-state index contributed by atoms with van der Waals surface area (Å²) in [6.07, 6.45) is 0.518. The zero-order chi connectivity index (χ0) is 21.1. The molecule has 2 heterocycles. The minimum atomic E-state index is -0.460. The third-order valence-electron chi connectivity index (χ3n) is 5.21. The number of hydrogen-bond acceptors (Lipinski definition) is 7. The maximum absolute atomic E-state index is 13.3. The average Bonchev–Trinajstić information content (AvgIpc) is 2.67. The highest BCUT2D eigenvalue weighted by Gasteiger charge is 2.32. The lowest BCUT2D eigenvalue weighted by Crippen LogP contribution is -2.49. The van der Waals surface area contributed by atoms with E-state index < -0.39 is 4.92 Å². The van der Waals surface area contributed by atoms with Gasteiger partial charge in [-0.25, -0.2) is 0 Å². The van der Waals surface area contributed by atoms with Crippen molar-refractivity contribution in [2.24, 2.45) is 0 Å². The lowest BCUT2D eigenvalue weighted by atomic mass is 10.0. The normalized spacial score (nSPS) is 27.5. The van der Waals surface area contributed by atoms with Gasteiger partial charge in [0.15, 0.2) is 0 Å². The maximum Gasteiger partial charge on any atom is 0.294 e. The fraction of sp³-hybridized carbons (Fsp3) is 0.632. The number of piperidine rings is 1. The predicted molar refractivity (Wildman–Crippen MR) is 112 cm³/mol. The molecule has 3 rings (SSSR count). The van der Waals surface area contributed by atoms with Gasteiger partial charge in [0.05, 0.1) is 28.8 Å². The number of benzene rings is 1. The summed E-state index contributed by atoms with van der Waals surface area (Å²) in [5, 5.41) is 18.3. The summed E-state index contributed by atoms with van der Waals surface area (Å²) in [6.45, 7) is 6.08. The van der Waals surface area contributed by atoms with Crippen LogP contribution in [0.1, 0.15) is 30.6 Å². The fourth-order valence-electron chi connectivity index (χ4n) is 3.97. The molecular weight excluding hydrogens is 444 g/mol. The fourth-order valence-corrected chi connectivity index (χ4v) is 4.41. The largest absolute Gasteiger partial charge is 0.380 e. The lowest BCUT2D eigenvalue weighted by molar-refractivity contribution is -0.384. The third-order valence-corrected chi connectivity index (χ3v) is 5.67. The number of morpholine rings is 1. The van der Waals surface area contributed by atoms with Gasteiger partial charge in [-0.1, -0.05) is 15.9 Å². The van der Waals surface area contributed by atoms with Gasteiger partial charge in [0.1, 0.15) is 5.69 Å². The molecule has 1 aromatic carbocycles. The van der Waals surface area contributed by atoms with Crippen molar-refractivity contribution in [2.75, 3.05) is 38.6 Å². The Balaban J connectivity index is 1.95. The third kappa shape index (κ3) is 5.25. The number of hydrogen-bond donors (Lipinski definition) is 2. The van der Waals surface area contributed by atoms with Crippen molar-refractivity contribution in [3.8, 4) is 0 Å². The highest BCUT2D eigenvalue weighted by atomic mass is 79.9. The van der Waals surface area contributed by atoms with Gasteiger partial charge in [0, 0.05) is 49.9 Å². The molecule has 10 heteroatoms. The summed E-state index contributed by atoms with van der Waals surface area (Å²) >= 11 is 3.32. The van der Waals surface area contributed by atoms with Crippen molar-refractivity contribution in [2.45, 2.75) is 44.6 Å². The van der Waals surface area contributed by atoms with Crippen molar-refractivity contribution >= 4 is 33.2 Å². The van der Waals surface area contributed by atoms with Crippen LogP contribution in [0.4, 0.5) is 11.4 Å². The van der Waals surface area contributed by atoms with Gasteiger partial charge in [-0.15, -0.1) is 0 Å². The Morgan fingerprint density at radius 1 is 1.34 bits per heavy atom. The number of nitrogens with one attached hydrogen (secondary N) is 2. The Morgan fingerprint density at radius 3 is 2.66 bits per heavy atom. The van der Waals surface area contributed by atoms with Crippen LogP contribution in [0.25, 0.3) is 0 Å². The molecule has 1 amide bonds. The van der Waals surface area contributed by atoms with E-state index in [4.69, 9.17) is 9.47 Å². The number of rotatable bonds is 5. The van der Waals surface area contributed by atoms with Crippen molar-refractivity contribution in [1.82, 2.24) is 10.2 Å². The number of ether oxygens (including phenoxy) is 2. The van der Waals surface area contributed by atoms with Crippen molar-refractivity contribution in [3.63, 3.8) is 0 Å². The Morgan fingerprint density at radius 2 is 2.03 bits per heavy atom. The molecule has 160 valence electrons. The number of carbonyl (C=O) groups excluding carboxylic acids is 1. The van der Waals surface area contributed by atoms with Crippen LogP contribution in [0.15, 0.2) is 16.6 Å². The number of nitrogens with zero attached hydrogens (tertiary/aromatic N) is 2. The molecule has 0 bridgehead atoms. The SMILES string of the molecule is CO[C@H]1CNC[C@H](Nc2c(C(=O)N3C[C@@H](C)O[C@@H](C)C3)cc(Br)cc2[N+](=O)[O-])C1. The summed E-state index contributed by atoms with van der Waals surface area (Å²) in [7, 11) is 1.65. The van der Waals surface area contributed by atoms with Crippen LogP contribution < -0.4 is 10.6 Å². The highest BCUT2D eigenvalue weighted by Crippen LogP contribution is 2.35. The van der Waals surface area contributed by atoms with Crippen LogP contribution in [-0.2, 0) is 9.47 Å². The van der Waals surface area contributed by atoms with E-state index in [-0.39, 0.29) is 47.2 Å². The topological polar surface area (TPSA) is 106 Å². The zero-order valence-electron chi connectivity index (χ0n) is 16.8. The Hall–Kier alpha value is -1.75. The molecule has 0 aliphatic carbocycles. The van der Waals surface area contributed by atoms with E-state index >= 15 is 0 Å². The molecule has 0 saturated carbocycles. The van der Waals surface area contributed by atoms with Crippen LogP contribution >= 0.6 is 15.9 Å². The van der Waals surface area contributed by atoms with Crippen LogP contribution in [0.3, 0.4) is 0 Å². The minimum Gasteiger partial charge on any atom is -0.380 e. The van der Waals surface area contributed by atoms with E-state index in [0.29, 0.717) is 30.5 Å². The molecule has 1 aromatic rings. The number of methoxy groups -OCH3 is 1. The standard InChI is InChI=1S/C19H27BrN4O5/c1-11-9-23(10-12(2)29-11)19(25)16-4-13(20)5-17(24(26)27)18(16)22-14-6-15(28-3)8-21-7-14/h4-5,11-12,14-15,21-22H,6-10H2,1-3H3/t11-,12+,14-,15-/m1/s1. The molecule has 2 aliphatic rings. The number of nitro groups is 1. The van der Waals surface area contributed by atoms with E-state index in [1.54, 1.807) is 18.1 Å². The van der Waals surface area contributed by atoms with Gasteiger partial charge in [0.25, 0.3) is 11.6 Å². The molecular formula is C19H27BrN4O5. The Bertz CT molecular complexity index is 767. The van der Waals surface area contributed by atoms with Crippen LogP contribution in [0, 0.1) is 10.1 Å². The average molecular weight is 471 g/mol. The summed E-state index contributed by atoms with van der Waals surface area (Å²) in [5.74, 6) is -0.244. The van der Waals surface area contributed by atoms with Crippen molar-refractivity contribution < 1.29 is 19.2 Å². The second-order valence-electron chi connectivity index (χ2n) is 7.66. The van der Waals surface area contributed by atoms with Gasteiger partial charge < -0.3 is 25.0 Å². The summed E-state index contributed by atoms with van der Waals surface area (Å²) in [5.41, 5.74) is 0.405. The molecule has 29 heavy (non-hydrogen) atoms. The lowest BCUT2D eigenvalue weighted by Gasteiger charge is -2.36. The highest BCUT2D eigenvalue weighted by molar-refractivity contribution is 9.10. The molecule has 9 nitrogen and oxygen atoms in total. The van der Waals surface area contributed by atoms with E-state index in [1.165, 1.54) is 6.07 Å². The van der Waals surface area contributed by atoms with Gasteiger partial charge in [0.2, 0.25) is 0 Å².